The summed E-state index contributed by atoms with van der Waals surface area (Å²) >= 11 is 0. The summed E-state index contributed by atoms with van der Waals surface area (Å²) in [5.41, 5.74) is 7.45. The minimum absolute atomic E-state index is 0.0134. The SMILES string of the molecule is CCCCC(CC)Cn1c2ccc(C(=O)/C(=N/OC(C)=O)c3ccccc3)cc2c2cc(C(=O)c3c(C)cc(C)cc3C)c3ccccc3c21. The van der Waals surface area contributed by atoms with Gasteiger partial charge < -0.3 is 9.40 Å². The highest BCUT2D eigenvalue weighted by molar-refractivity contribution is 6.51. The number of carbonyl (C=O) groups is 3. The maximum absolute atomic E-state index is 14.6. The predicted molar refractivity (Wildman–Crippen MR) is 203 cm³/mol. The van der Waals surface area contributed by atoms with E-state index in [2.05, 4.69) is 41.8 Å². The number of hydrogen-bond acceptors (Lipinski definition) is 5. The Hall–Kier alpha value is -5.36. The molecule has 1 heterocycles. The molecule has 0 saturated carbocycles. The average molecular weight is 665 g/mol. The lowest BCUT2D eigenvalue weighted by molar-refractivity contribution is -0.140. The Balaban J connectivity index is 1.63. The van der Waals surface area contributed by atoms with Crippen LogP contribution < -0.4 is 0 Å². The molecule has 1 aromatic heterocycles. The van der Waals surface area contributed by atoms with Gasteiger partial charge in [0.2, 0.25) is 5.78 Å². The van der Waals surface area contributed by atoms with Crippen LogP contribution in [0.25, 0.3) is 32.6 Å². The standard InChI is InChI=1S/C44H44N2O4/c1-7-9-15-31(8-2)26-46-39-21-20-33(43(48)41(45-50-30(6)47)32-16-11-10-12-17-32)24-36(39)37-25-38(34-18-13-14-19-35(34)42(37)46)44(49)40-28(4)22-27(3)23-29(40)5/h10-14,16-25,31H,7-9,15,26H2,1-6H3/b45-41+. The number of ketones is 2. The summed E-state index contributed by atoms with van der Waals surface area (Å²) in [6, 6.07) is 29.1. The second kappa shape index (κ2) is 14.6. The van der Waals surface area contributed by atoms with Crippen LogP contribution in [0.2, 0.25) is 0 Å². The zero-order valence-corrected chi connectivity index (χ0v) is 29.8. The van der Waals surface area contributed by atoms with E-state index < -0.39 is 5.97 Å². The van der Waals surface area contributed by atoms with Gasteiger partial charge in [0.25, 0.3) is 0 Å². The third-order valence-electron chi connectivity index (χ3n) is 9.79. The van der Waals surface area contributed by atoms with E-state index in [1.54, 1.807) is 12.1 Å². The van der Waals surface area contributed by atoms with Crippen molar-refractivity contribution < 1.29 is 19.2 Å². The molecule has 0 aliphatic carbocycles. The van der Waals surface area contributed by atoms with Crippen molar-refractivity contribution in [1.29, 1.82) is 0 Å². The summed E-state index contributed by atoms with van der Waals surface area (Å²) in [4.78, 5) is 45.5. The third-order valence-corrected chi connectivity index (χ3v) is 9.79. The number of benzene rings is 5. The van der Waals surface area contributed by atoms with Gasteiger partial charge in [-0.25, -0.2) is 4.79 Å². The lowest BCUT2D eigenvalue weighted by Crippen LogP contribution is -2.17. The summed E-state index contributed by atoms with van der Waals surface area (Å²) in [6.45, 7) is 12.6. The largest absolute Gasteiger partial charge is 0.340 e. The minimum Gasteiger partial charge on any atom is -0.340 e. The van der Waals surface area contributed by atoms with E-state index in [9.17, 15) is 14.4 Å². The molecule has 6 aromatic rings. The molecule has 0 aliphatic heterocycles. The number of unbranched alkanes of at least 4 members (excludes halogenated alkanes) is 1. The number of carbonyl (C=O) groups excluding carboxylic acids is 3. The number of fused-ring (bicyclic) bond motifs is 5. The van der Waals surface area contributed by atoms with Gasteiger partial charge in [-0.05, 0) is 73.9 Å². The van der Waals surface area contributed by atoms with E-state index in [1.807, 2.05) is 81.4 Å². The van der Waals surface area contributed by atoms with Crippen molar-refractivity contribution in [3.05, 3.63) is 130 Å². The van der Waals surface area contributed by atoms with Crippen molar-refractivity contribution in [2.24, 2.45) is 11.1 Å². The molecular weight excluding hydrogens is 620 g/mol. The normalized spacial score (nSPS) is 12.5. The Morgan fingerprint density at radius 2 is 1.44 bits per heavy atom. The molecule has 0 spiro atoms. The maximum atomic E-state index is 14.6. The lowest BCUT2D eigenvalue weighted by atomic mass is 9.89. The molecule has 1 atom stereocenters. The molecule has 6 nitrogen and oxygen atoms in total. The molecule has 6 rings (SSSR count). The van der Waals surface area contributed by atoms with Gasteiger partial charge in [0, 0.05) is 57.4 Å². The van der Waals surface area contributed by atoms with E-state index in [0.717, 1.165) is 87.1 Å². The molecule has 0 aliphatic rings. The Labute approximate surface area is 293 Å². The zero-order valence-electron chi connectivity index (χ0n) is 29.8. The summed E-state index contributed by atoms with van der Waals surface area (Å²) in [5, 5.41) is 7.71. The molecule has 0 amide bonds. The van der Waals surface area contributed by atoms with Gasteiger partial charge in [-0.1, -0.05) is 111 Å². The molecular formula is C44H44N2O4. The topological polar surface area (TPSA) is 77.7 Å². The van der Waals surface area contributed by atoms with Gasteiger partial charge in [-0.3, -0.25) is 9.59 Å². The molecule has 1 unspecified atom stereocenters. The average Bonchev–Trinajstić information content (AvgIpc) is 3.41. The second-order valence-electron chi connectivity index (χ2n) is 13.4. The molecule has 0 fully saturated rings. The third kappa shape index (κ3) is 6.62. The van der Waals surface area contributed by atoms with E-state index in [-0.39, 0.29) is 17.3 Å². The first-order chi connectivity index (χ1) is 24.1. The first-order valence-electron chi connectivity index (χ1n) is 17.6. The summed E-state index contributed by atoms with van der Waals surface area (Å²) in [6.07, 6.45) is 4.47. The highest BCUT2D eigenvalue weighted by Crippen LogP contribution is 2.39. The molecule has 254 valence electrons. The molecule has 5 aromatic carbocycles. The monoisotopic (exact) mass is 664 g/mol. The fraction of sp³-hybridized carbons (Fsp3) is 0.273. The Kier molecular flexibility index (Phi) is 10.1. The number of Topliss-reactive ketones (excluding diaryl/α,β-unsaturated/α-hetero) is 1. The van der Waals surface area contributed by atoms with Crippen LogP contribution in [0.15, 0.2) is 96.2 Å². The summed E-state index contributed by atoms with van der Waals surface area (Å²) in [5.74, 6) is -0.520. The number of aromatic nitrogens is 1. The predicted octanol–water partition coefficient (Wildman–Crippen LogP) is 10.5. The van der Waals surface area contributed by atoms with Crippen LogP contribution in [0.4, 0.5) is 0 Å². The van der Waals surface area contributed by atoms with Crippen molar-refractivity contribution in [3.63, 3.8) is 0 Å². The second-order valence-corrected chi connectivity index (χ2v) is 13.4. The first kappa shape index (κ1) is 34.5. The van der Waals surface area contributed by atoms with Crippen LogP contribution in [0.1, 0.15) is 95.0 Å². The van der Waals surface area contributed by atoms with E-state index >= 15 is 0 Å². The first-order valence-corrected chi connectivity index (χ1v) is 17.6. The van der Waals surface area contributed by atoms with Crippen LogP contribution in [-0.4, -0.2) is 27.8 Å². The smallest absolute Gasteiger partial charge is 0.332 e. The molecule has 6 heteroatoms. The van der Waals surface area contributed by atoms with Crippen molar-refractivity contribution in [3.8, 4) is 0 Å². The quantitative estimate of drug-likeness (QED) is 0.0564. The maximum Gasteiger partial charge on any atom is 0.332 e. The van der Waals surface area contributed by atoms with E-state index in [4.69, 9.17) is 4.84 Å². The van der Waals surface area contributed by atoms with Gasteiger partial charge in [0.05, 0.1) is 5.52 Å². The molecule has 0 radical (unpaired) electrons. The molecule has 50 heavy (non-hydrogen) atoms. The highest BCUT2D eigenvalue weighted by Gasteiger charge is 2.25. The summed E-state index contributed by atoms with van der Waals surface area (Å²) < 4.78 is 2.40. The van der Waals surface area contributed by atoms with Crippen LogP contribution in [0, 0.1) is 26.7 Å². The van der Waals surface area contributed by atoms with Crippen LogP contribution in [-0.2, 0) is 16.2 Å². The van der Waals surface area contributed by atoms with Crippen LogP contribution in [0.3, 0.4) is 0 Å². The number of oxime groups is 1. The number of aryl methyl sites for hydroxylation is 3. The Morgan fingerprint density at radius 1 is 0.760 bits per heavy atom. The lowest BCUT2D eigenvalue weighted by Gasteiger charge is -2.19. The van der Waals surface area contributed by atoms with Gasteiger partial charge in [0.1, 0.15) is 0 Å². The van der Waals surface area contributed by atoms with Gasteiger partial charge in [-0.15, -0.1) is 0 Å². The Morgan fingerprint density at radius 3 is 2.10 bits per heavy atom. The van der Waals surface area contributed by atoms with Crippen molar-refractivity contribution in [2.45, 2.75) is 73.8 Å². The van der Waals surface area contributed by atoms with Gasteiger partial charge in [-0.2, -0.15) is 0 Å². The minimum atomic E-state index is -0.610. The number of hydrogen-bond donors (Lipinski definition) is 0. The van der Waals surface area contributed by atoms with Crippen molar-refractivity contribution >= 4 is 55.8 Å². The molecule has 0 bridgehead atoms. The zero-order chi connectivity index (χ0) is 35.5. The van der Waals surface area contributed by atoms with Crippen LogP contribution >= 0.6 is 0 Å². The summed E-state index contributed by atoms with van der Waals surface area (Å²) in [7, 11) is 0. The Bertz CT molecular complexity index is 2270. The number of rotatable bonds is 12. The highest BCUT2D eigenvalue weighted by atomic mass is 16.7. The molecule has 0 saturated heterocycles. The van der Waals surface area contributed by atoms with Crippen molar-refractivity contribution in [2.75, 3.05) is 0 Å². The van der Waals surface area contributed by atoms with Gasteiger partial charge in [0.15, 0.2) is 11.5 Å². The van der Waals surface area contributed by atoms with Crippen LogP contribution in [0.5, 0.6) is 0 Å². The van der Waals surface area contributed by atoms with Gasteiger partial charge >= 0.3 is 5.97 Å². The van der Waals surface area contributed by atoms with E-state index in [0.29, 0.717) is 22.6 Å². The van der Waals surface area contributed by atoms with E-state index in [1.165, 1.54) is 6.92 Å². The fourth-order valence-electron chi connectivity index (χ4n) is 7.40. The molecule has 0 N–H and O–H groups in total. The number of nitrogens with zero attached hydrogens (tertiary/aromatic N) is 2. The van der Waals surface area contributed by atoms with Crippen molar-refractivity contribution in [1.82, 2.24) is 4.57 Å². The fourth-order valence-corrected chi connectivity index (χ4v) is 7.40.